The van der Waals surface area contributed by atoms with E-state index >= 15 is 0 Å². The number of rotatable bonds is 7. The minimum absolute atomic E-state index is 0.120. The zero-order valence-electron chi connectivity index (χ0n) is 20.2. The average molecular weight is 444 g/mol. The molecule has 3 fully saturated rings. The van der Waals surface area contributed by atoms with E-state index in [4.69, 9.17) is 9.47 Å². The molecule has 3 saturated heterocycles. The van der Waals surface area contributed by atoms with Gasteiger partial charge in [0.1, 0.15) is 12.4 Å². The van der Waals surface area contributed by atoms with E-state index in [1.54, 1.807) is 0 Å². The summed E-state index contributed by atoms with van der Waals surface area (Å²) in [4.78, 5) is 19.1. The van der Waals surface area contributed by atoms with Gasteiger partial charge in [-0.15, -0.1) is 0 Å². The maximum absolute atomic E-state index is 12.1. The summed E-state index contributed by atoms with van der Waals surface area (Å²) in [5, 5.41) is 0. The van der Waals surface area contributed by atoms with Gasteiger partial charge in [-0.05, 0) is 82.7 Å². The molecule has 3 aliphatic heterocycles. The van der Waals surface area contributed by atoms with Gasteiger partial charge in [0.15, 0.2) is 0 Å². The molecular weight excluding hydrogens is 402 g/mol. The molecule has 4 rings (SSSR count). The van der Waals surface area contributed by atoms with Gasteiger partial charge in [-0.2, -0.15) is 0 Å². The Morgan fingerprint density at radius 1 is 1.16 bits per heavy atom. The van der Waals surface area contributed by atoms with Crippen molar-refractivity contribution < 1.29 is 14.3 Å². The van der Waals surface area contributed by atoms with E-state index in [1.807, 2.05) is 4.90 Å². The molecule has 3 aliphatic rings. The highest BCUT2D eigenvalue weighted by Gasteiger charge is 2.42. The first-order chi connectivity index (χ1) is 15.4. The van der Waals surface area contributed by atoms with E-state index in [9.17, 15) is 4.79 Å². The standard InChI is InChI=1S/C26H41N3O3/c1-21(2)29-20-26(32-19-25(29)30)11-15-28(16-12-26)23-7-9-24(10-8-23)31-17-5-14-27-13-4-6-22(3)18-27/h7-10,21-22H,4-6,11-20H2,1-3H3/t22-/m0/s1. The number of carbonyl (C=O) groups excluding carboxylic acids is 1. The van der Waals surface area contributed by atoms with Crippen LogP contribution in [0.3, 0.4) is 0 Å². The number of likely N-dealkylation sites (tertiary alicyclic amines) is 1. The smallest absolute Gasteiger partial charge is 0.248 e. The molecule has 1 aromatic carbocycles. The second kappa shape index (κ2) is 10.4. The maximum atomic E-state index is 12.1. The summed E-state index contributed by atoms with van der Waals surface area (Å²) in [7, 11) is 0. The van der Waals surface area contributed by atoms with Crippen LogP contribution in [0.1, 0.15) is 52.9 Å². The van der Waals surface area contributed by atoms with Gasteiger partial charge < -0.3 is 24.2 Å². The normalized spacial score (nSPS) is 24.4. The molecule has 1 spiro atoms. The molecule has 0 unspecified atom stereocenters. The Balaban J connectivity index is 1.21. The Morgan fingerprint density at radius 2 is 1.91 bits per heavy atom. The largest absolute Gasteiger partial charge is 0.494 e. The highest BCUT2D eigenvalue weighted by Crippen LogP contribution is 2.33. The van der Waals surface area contributed by atoms with Crippen LogP contribution in [0.15, 0.2) is 24.3 Å². The van der Waals surface area contributed by atoms with E-state index in [2.05, 4.69) is 54.8 Å². The second-order valence-electron chi connectivity index (χ2n) is 10.3. The van der Waals surface area contributed by atoms with E-state index < -0.39 is 0 Å². The number of hydrogen-bond donors (Lipinski definition) is 0. The summed E-state index contributed by atoms with van der Waals surface area (Å²) >= 11 is 0. The van der Waals surface area contributed by atoms with Crippen LogP contribution < -0.4 is 9.64 Å². The lowest BCUT2D eigenvalue weighted by molar-refractivity contribution is -0.170. The number of nitrogens with zero attached hydrogens (tertiary/aromatic N) is 3. The van der Waals surface area contributed by atoms with Crippen LogP contribution in [0.5, 0.6) is 5.75 Å². The van der Waals surface area contributed by atoms with Gasteiger partial charge >= 0.3 is 0 Å². The van der Waals surface area contributed by atoms with Gasteiger partial charge in [-0.1, -0.05) is 6.92 Å². The average Bonchev–Trinajstić information content (AvgIpc) is 2.79. The first kappa shape index (κ1) is 23.4. The maximum Gasteiger partial charge on any atom is 0.248 e. The lowest BCUT2D eigenvalue weighted by Crippen LogP contribution is -2.60. The second-order valence-corrected chi connectivity index (χ2v) is 10.3. The molecule has 0 radical (unpaired) electrons. The molecule has 32 heavy (non-hydrogen) atoms. The van der Waals surface area contributed by atoms with Gasteiger partial charge in [0.05, 0.1) is 18.8 Å². The molecule has 6 nitrogen and oxygen atoms in total. The highest BCUT2D eigenvalue weighted by atomic mass is 16.5. The minimum atomic E-state index is -0.177. The number of hydrogen-bond acceptors (Lipinski definition) is 5. The predicted molar refractivity (Wildman–Crippen MR) is 128 cm³/mol. The Hall–Kier alpha value is -1.79. The predicted octanol–water partition coefficient (Wildman–Crippen LogP) is 3.79. The molecule has 1 amide bonds. The first-order valence-corrected chi connectivity index (χ1v) is 12.6. The number of piperidine rings is 2. The zero-order valence-corrected chi connectivity index (χ0v) is 20.2. The number of anilines is 1. The number of ether oxygens (including phenoxy) is 2. The molecule has 3 heterocycles. The number of carbonyl (C=O) groups is 1. The van der Waals surface area contributed by atoms with Gasteiger partial charge in [-0.3, -0.25) is 4.79 Å². The third-order valence-electron chi connectivity index (χ3n) is 7.41. The van der Waals surface area contributed by atoms with Crippen LogP contribution >= 0.6 is 0 Å². The van der Waals surface area contributed by atoms with Gasteiger partial charge in [0.25, 0.3) is 0 Å². The number of benzene rings is 1. The quantitative estimate of drug-likeness (QED) is 0.600. The summed E-state index contributed by atoms with van der Waals surface area (Å²) in [5.41, 5.74) is 1.06. The molecule has 178 valence electrons. The Morgan fingerprint density at radius 3 is 2.59 bits per heavy atom. The Labute approximate surface area is 193 Å². The lowest BCUT2D eigenvalue weighted by atomic mass is 9.88. The lowest BCUT2D eigenvalue weighted by Gasteiger charge is -2.48. The summed E-state index contributed by atoms with van der Waals surface area (Å²) in [6, 6.07) is 8.77. The van der Waals surface area contributed by atoms with Crippen molar-refractivity contribution in [3.8, 4) is 5.75 Å². The molecule has 6 heteroatoms. The third-order valence-corrected chi connectivity index (χ3v) is 7.41. The third kappa shape index (κ3) is 5.76. The van der Waals surface area contributed by atoms with Crippen molar-refractivity contribution in [2.45, 2.75) is 64.5 Å². The van der Waals surface area contributed by atoms with Crippen molar-refractivity contribution in [1.29, 1.82) is 0 Å². The Kier molecular flexibility index (Phi) is 7.62. The van der Waals surface area contributed by atoms with Crippen molar-refractivity contribution in [3.05, 3.63) is 24.3 Å². The summed E-state index contributed by atoms with van der Waals surface area (Å²) < 4.78 is 12.1. The fourth-order valence-electron chi connectivity index (χ4n) is 5.41. The van der Waals surface area contributed by atoms with E-state index in [1.165, 1.54) is 31.6 Å². The van der Waals surface area contributed by atoms with Gasteiger partial charge in [0, 0.05) is 37.9 Å². The Bertz CT molecular complexity index is 743. The molecular formula is C26H41N3O3. The number of morpholine rings is 1. The van der Waals surface area contributed by atoms with Crippen LogP contribution in [0.25, 0.3) is 0 Å². The monoisotopic (exact) mass is 443 g/mol. The summed E-state index contributed by atoms with van der Waals surface area (Å²) in [6.45, 7) is 13.8. The van der Waals surface area contributed by atoms with Gasteiger partial charge in [0.2, 0.25) is 5.91 Å². The zero-order chi connectivity index (χ0) is 22.6. The molecule has 1 aromatic rings. The molecule has 1 atom stereocenters. The van der Waals surface area contributed by atoms with Crippen LogP contribution in [0.2, 0.25) is 0 Å². The van der Waals surface area contributed by atoms with Crippen LogP contribution in [-0.4, -0.2) is 79.8 Å². The topological polar surface area (TPSA) is 45.2 Å². The van der Waals surface area contributed by atoms with Gasteiger partial charge in [-0.25, -0.2) is 0 Å². The molecule has 0 bridgehead atoms. The van der Waals surface area contributed by atoms with Crippen molar-refractivity contribution in [3.63, 3.8) is 0 Å². The first-order valence-electron chi connectivity index (χ1n) is 12.6. The fraction of sp³-hybridized carbons (Fsp3) is 0.731. The van der Waals surface area contributed by atoms with Crippen molar-refractivity contribution in [2.75, 3.05) is 57.4 Å². The van der Waals surface area contributed by atoms with Crippen LogP contribution in [0, 0.1) is 5.92 Å². The van der Waals surface area contributed by atoms with Crippen LogP contribution in [0.4, 0.5) is 5.69 Å². The molecule has 0 saturated carbocycles. The van der Waals surface area contributed by atoms with E-state index in [0.29, 0.717) is 0 Å². The van der Waals surface area contributed by atoms with E-state index in [0.717, 1.165) is 63.7 Å². The highest BCUT2D eigenvalue weighted by molar-refractivity contribution is 5.78. The van der Waals surface area contributed by atoms with Crippen molar-refractivity contribution in [1.82, 2.24) is 9.80 Å². The number of amides is 1. The van der Waals surface area contributed by atoms with E-state index in [-0.39, 0.29) is 24.2 Å². The van der Waals surface area contributed by atoms with Crippen molar-refractivity contribution in [2.24, 2.45) is 5.92 Å². The molecule has 0 aromatic heterocycles. The van der Waals surface area contributed by atoms with Crippen LogP contribution in [-0.2, 0) is 9.53 Å². The molecule has 0 aliphatic carbocycles. The summed E-state index contributed by atoms with van der Waals surface area (Å²) in [5.74, 6) is 1.91. The van der Waals surface area contributed by atoms with Crippen molar-refractivity contribution >= 4 is 11.6 Å². The summed E-state index contributed by atoms with van der Waals surface area (Å²) in [6.07, 6.45) is 5.70. The SMILES string of the molecule is CC(C)N1CC2(CCN(c3ccc(OCCCN4CCC[C@H](C)C4)cc3)CC2)OCC1=O. The minimum Gasteiger partial charge on any atom is -0.494 e. The molecule has 0 N–H and O–H groups in total. The fourth-order valence-corrected chi connectivity index (χ4v) is 5.41.